The maximum Gasteiger partial charge on any atom is 0.302 e. The van der Waals surface area contributed by atoms with Gasteiger partial charge in [-0.05, 0) is 61.2 Å². The van der Waals surface area contributed by atoms with Gasteiger partial charge >= 0.3 is 11.9 Å². The number of methoxy groups -OCH3 is 2. The van der Waals surface area contributed by atoms with Crippen molar-refractivity contribution in [3.8, 4) is 11.5 Å². The number of hydrogen-bond acceptors (Lipinski definition) is 7. The normalized spacial score (nSPS) is 9.91. The summed E-state index contributed by atoms with van der Waals surface area (Å²) in [6.45, 7) is 8.87. The van der Waals surface area contributed by atoms with Gasteiger partial charge in [0.2, 0.25) is 0 Å². The second-order valence-corrected chi connectivity index (χ2v) is 7.53. The van der Waals surface area contributed by atoms with Crippen molar-refractivity contribution in [1.29, 1.82) is 0 Å². The number of carbonyl (C=O) groups excluding carboxylic acids is 3. The first-order valence-electron chi connectivity index (χ1n) is 10.7. The summed E-state index contributed by atoms with van der Waals surface area (Å²) in [5.74, 6) is 1.02. The Bertz CT molecular complexity index is 963. The lowest BCUT2D eigenvalue weighted by molar-refractivity contribution is -0.141. The molecule has 0 bridgehead atoms. The van der Waals surface area contributed by atoms with Gasteiger partial charge in [0.15, 0.2) is 5.78 Å². The highest BCUT2D eigenvalue weighted by molar-refractivity contribution is 5.96. The lowest BCUT2D eigenvalue weighted by Gasteiger charge is -2.12. The van der Waals surface area contributed by atoms with E-state index in [4.69, 9.17) is 18.9 Å². The zero-order valence-corrected chi connectivity index (χ0v) is 20.6. The van der Waals surface area contributed by atoms with Crippen LogP contribution in [0.15, 0.2) is 30.3 Å². The van der Waals surface area contributed by atoms with Crippen LogP contribution in [-0.4, -0.2) is 45.2 Å². The Morgan fingerprint density at radius 3 is 1.73 bits per heavy atom. The van der Waals surface area contributed by atoms with Crippen molar-refractivity contribution in [2.24, 2.45) is 0 Å². The van der Waals surface area contributed by atoms with Crippen molar-refractivity contribution in [2.45, 2.75) is 47.5 Å². The van der Waals surface area contributed by atoms with E-state index in [0.29, 0.717) is 30.8 Å². The summed E-state index contributed by atoms with van der Waals surface area (Å²) in [6.07, 6.45) is 1.21. The van der Waals surface area contributed by atoms with E-state index in [-0.39, 0.29) is 24.3 Å². The molecular weight excluding hydrogens is 424 g/mol. The first kappa shape index (κ1) is 27.7. The van der Waals surface area contributed by atoms with Gasteiger partial charge in [-0.1, -0.05) is 12.1 Å². The monoisotopic (exact) mass is 458 g/mol. The number of carbonyl (C=O) groups is 3. The smallest absolute Gasteiger partial charge is 0.302 e. The lowest BCUT2D eigenvalue weighted by Crippen LogP contribution is -2.06. The molecule has 0 saturated heterocycles. The molecule has 0 saturated carbocycles. The second kappa shape index (κ2) is 13.9. The number of ether oxygens (including phenoxy) is 4. The molecule has 0 radical (unpaired) electrons. The number of ketones is 1. The van der Waals surface area contributed by atoms with Crippen LogP contribution in [0.3, 0.4) is 0 Å². The Morgan fingerprint density at radius 2 is 1.24 bits per heavy atom. The van der Waals surface area contributed by atoms with Crippen LogP contribution in [0, 0.1) is 13.8 Å². The first-order valence-corrected chi connectivity index (χ1v) is 10.7. The molecule has 7 heteroatoms. The molecule has 2 aromatic carbocycles. The van der Waals surface area contributed by atoms with Gasteiger partial charge in [0, 0.05) is 32.3 Å². The molecule has 33 heavy (non-hydrogen) atoms. The second-order valence-electron chi connectivity index (χ2n) is 7.53. The van der Waals surface area contributed by atoms with Crippen LogP contribution in [0.2, 0.25) is 0 Å². The predicted octanol–water partition coefficient (Wildman–Crippen LogP) is 4.42. The summed E-state index contributed by atoms with van der Waals surface area (Å²) in [5.41, 5.74) is 4.64. The van der Waals surface area contributed by atoms with Crippen molar-refractivity contribution in [3.63, 3.8) is 0 Å². The quantitative estimate of drug-likeness (QED) is 0.406. The molecule has 0 amide bonds. The van der Waals surface area contributed by atoms with Crippen molar-refractivity contribution in [3.05, 3.63) is 58.1 Å². The van der Waals surface area contributed by atoms with E-state index in [1.165, 1.54) is 20.8 Å². The fourth-order valence-electron chi connectivity index (χ4n) is 3.16. The zero-order valence-electron chi connectivity index (χ0n) is 20.6. The topological polar surface area (TPSA) is 88.1 Å². The van der Waals surface area contributed by atoms with E-state index in [9.17, 15) is 14.4 Å². The lowest BCUT2D eigenvalue weighted by atomic mass is 9.99. The highest BCUT2D eigenvalue weighted by Gasteiger charge is 2.11. The van der Waals surface area contributed by atoms with Crippen molar-refractivity contribution in [1.82, 2.24) is 0 Å². The Labute approximate surface area is 196 Å². The van der Waals surface area contributed by atoms with Crippen LogP contribution >= 0.6 is 0 Å². The number of rotatable bonds is 9. The van der Waals surface area contributed by atoms with Crippen LogP contribution < -0.4 is 9.47 Å². The number of esters is 2. The molecule has 0 atom stereocenters. The Kier molecular flexibility index (Phi) is 11.7. The minimum atomic E-state index is -0.312. The molecule has 180 valence electrons. The highest BCUT2D eigenvalue weighted by Crippen LogP contribution is 2.24. The minimum absolute atomic E-state index is 0.0175. The number of aryl methyl sites for hydroxylation is 2. The average Bonchev–Trinajstić information content (AvgIpc) is 2.75. The van der Waals surface area contributed by atoms with Gasteiger partial charge in [0.05, 0.1) is 27.4 Å². The molecule has 0 unspecified atom stereocenters. The fourth-order valence-corrected chi connectivity index (χ4v) is 3.16. The Morgan fingerprint density at radius 1 is 0.727 bits per heavy atom. The van der Waals surface area contributed by atoms with E-state index in [1.807, 2.05) is 38.1 Å². The molecule has 0 heterocycles. The standard InChI is InChI=1S/C14H18O4.C12H16O3/c1-9-7-14(17-4)12(5-6-18-11(3)16)8-13(9)10(2)15;1-9-4-5-11(12(8-9)14-3)6-7-15-10(2)13/h7-8H,5-6H2,1-4H3;4-5,8H,6-7H2,1-3H3. The highest BCUT2D eigenvalue weighted by atomic mass is 16.5. The number of Topliss-reactive ketones (excluding diaryl/α,β-unsaturated/α-hetero) is 1. The van der Waals surface area contributed by atoms with E-state index < -0.39 is 0 Å². The maximum atomic E-state index is 11.5. The van der Waals surface area contributed by atoms with Gasteiger partial charge in [-0.25, -0.2) is 0 Å². The van der Waals surface area contributed by atoms with E-state index in [2.05, 4.69) is 0 Å². The maximum absolute atomic E-state index is 11.5. The molecule has 0 fully saturated rings. The van der Waals surface area contributed by atoms with Gasteiger partial charge < -0.3 is 18.9 Å². The molecule has 0 N–H and O–H groups in total. The molecular formula is C26H34O7. The molecule has 0 aliphatic carbocycles. The van der Waals surface area contributed by atoms with Crippen LogP contribution in [0.4, 0.5) is 0 Å². The molecule has 0 spiro atoms. The van der Waals surface area contributed by atoms with Crippen LogP contribution in [0.25, 0.3) is 0 Å². The molecule has 2 aromatic rings. The summed E-state index contributed by atoms with van der Waals surface area (Å²) in [7, 11) is 3.22. The van der Waals surface area contributed by atoms with Gasteiger partial charge in [-0.15, -0.1) is 0 Å². The summed E-state index contributed by atoms with van der Waals surface area (Å²) in [4.78, 5) is 32.8. The predicted molar refractivity (Wildman–Crippen MR) is 126 cm³/mol. The fraction of sp³-hybridized carbons (Fsp3) is 0.423. The van der Waals surface area contributed by atoms with E-state index in [0.717, 1.165) is 28.0 Å². The van der Waals surface area contributed by atoms with Gasteiger partial charge in [-0.2, -0.15) is 0 Å². The van der Waals surface area contributed by atoms with Gasteiger partial charge in [0.1, 0.15) is 11.5 Å². The SMILES string of the molecule is COc1cc(C)c(C(C)=O)cc1CCOC(C)=O.COc1cc(C)ccc1CCOC(C)=O. The molecule has 2 rings (SSSR count). The van der Waals surface area contributed by atoms with Crippen molar-refractivity contribution in [2.75, 3.05) is 27.4 Å². The molecule has 0 aliphatic rings. The Hall–Kier alpha value is -3.35. The van der Waals surface area contributed by atoms with Gasteiger partial charge in [-0.3, -0.25) is 14.4 Å². The van der Waals surface area contributed by atoms with E-state index in [1.54, 1.807) is 20.3 Å². The van der Waals surface area contributed by atoms with Crippen LogP contribution in [0.5, 0.6) is 11.5 Å². The third-order valence-electron chi connectivity index (χ3n) is 4.80. The minimum Gasteiger partial charge on any atom is -0.496 e. The Balaban J connectivity index is 0.000000335. The van der Waals surface area contributed by atoms with E-state index >= 15 is 0 Å². The van der Waals surface area contributed by atoms with Crippen LogP contribution in [0.1, 0.15) is 53.4 Å². The van der Waals surface area contributed by atoms with Crippen molar-refractivity contribution >= 4 is 17.7 Å². The zero-order chi connectivity index (χ0) is 25.0. The summed E-state index contributed by atoms with van der Waals surface area (Å²) in [6, 6.07) is 9.63. The average molecular weight is 459 g/mol. The van der Waals surface area contributed by atoms with Crippen molar-refractivity contribution < 1.29 is 33.3 Å². The summed E-state index contributed by atoms with van der Waals surface area (Å²) in [5, 5.41) is 0. The number of benzene rings is 2. The first-order chi connectivity index (χ1) is 15.6. The van der Waals surface area contributed by atoms with Crippen LogP contribution in [-0.2, 0) is 31.9 Å². The van der Waals surface area contributed by atoms with Gasteiger partial charge in [0.25, 0.3) is 0 Å². The summed E-state index contributed by atoms with van der Waals surface area (Å²) >= 11 is 0. The number of hydrogen-bond donors (Lipinski definition) is 0. The molecule has 0 aliphatic heterocycles. The third kappa shape index (κ3) is 9.76. The molecule has 7 nitrogen and oxygen atoms in total. The molecule has 0 aromatic heterocycles. The summed E-state index contributed by atoms with van der Waals surface area (Å²) < 4.78 is 20.3. The third-order valence-corrected chi connectivity index (χ3v) is 4.80. The largest absolute Gasteiger partial charge is 0.496 e.